The van der Waals surface area contributed by atoms with Crippen LogP contribution in [0.3, 0.4) is 0 Å². The number of rotatable bonds is 10. The van der Waals surface area contributed by atoms with Crippen molar-refractivity contribution in [3.05, 3.63) is 6.92 Å². The molecule has 0 amide bonds. The minimum Gasteiger partial charge on any atom is -0.400 e. The van der Waals surface area contributed by atoms with Crippen LogP contribution in [0.2, 0.25) is 154 Å². The van der Waals surface area contributed by atoms with Gasteiger partial charge in [0.2, 0.25) is 0 Å². The molecule has 0 aromatic rings. The molecule has 0 spiro atoms. The van der Waals surface area contributed by atoms with Crippen molar-refractivity contribution in [2.45, 2.75) is 241 Å². The van der Waals surface area contributed by atoms with Gasteiger partial charge in [-0.05, 0) is 42.3 Å². The van der Waals surface area contributed by atoms with Crippen LogP contribution in [-0.4, -0.2) is 100 Å². The summed E-state index contributed by atoms with van der Waals surface area (Å²) in [5.41, 5.74) is 2.60. The molecule has 3 nitrogen and oxygen atoms in total. The first kappa shape index (κ1) is 77.0. The van der Waals surface area contributed by atoms with Gasteiger partial charge in [0.05, 0.1) is 54.2 Å². The summed E-state index contributed by atoms with van der Waals surface area (Å²) < 4.78 is 9.89. The Morgan fingerprint density at radius 3 is 0.729 bits per heavy atom. The molecule has 2 aliphatic rings. The first-order valence-electron chi connectivity index (χ1n) is 23.0. The summed E-state index contributed by atoms with van der Waals surface area (Å²) in [4.78, 5) is 0. The summed E-state index contributed by atoms with van der Waals surface area (Å²) >= 11 is 6.01. The number of aliphatic hydroxyl groups is 1. The van der Waals surface area contributed by atoms with Gasteiger partial charge >= 0.3 is 18.9 Å². The maximum Gasteiger partial charge on any atom is 1.00 e. The molecule has 2 saturated heterocycles. The van der Waals surface area contributed by atoms with Crippen LogP contribution in [0.25, 0.3) is 0 Å². The first-order chi connectivity index (χ1) is 25.5. The van der Waals surface area contributed by atoms with E-state index in [-0.39, 0.29) is 18.9 Å². The fourth-order valence-electron chi connectivity index (χ4n) is 7.03. The quantitative estimate of drug-likeness (QED) is 0.103. The summed E-state index contributed by atoms with van der Waals surface area (Å²) in [6.45, 7) is 78.1. The molecule has 1 unspecified atom stereocenters. The second-order valence-electron chi connectivity index (χ2n) is 23.5. The maximum atomic E-state index is 7.00. The van der Waals surface area contributed by atoms with Crippen LogP contribution in [0.15, 0.2) is 0 Å². The Balaban J connectivity index is -0.000000113. The van der Waals surface area contributed by atoms with Crippen LogP contribution >= 0.6 is 33.0 Å². The van der Waals surface area contributed by atoms with Crippen molar-refractivity contribution in [1.29, 1.82) is 0 Å². The van der Waals surface area contributed by atoms with E-state index >= 15 is 0 Å². The van der Waals surface area contributed by atoms with E-state index in [0.29, 0.717) is 18.7 Å². The molecule has 0 aliphatic carbocycles. The van der Waals surface area contributed by atoms with E-state index in [9.17, 15) is 0 Å². The molecule has 2 fully saturated rings. The Kier molecular flexibility index (Phi) is 48.0. The van der Waals surface area contributed by atoms with Gasteiger partial charge in [-0.3, -0.25) is 0 Å². The fourth-order valence-corrected chi connectivity index (χ4v) is 163. The number of hydrogen-bond acceptors (Lipinski definition) is 3. The summed E-state index contributed by atoms with van der Waals surface area (Å²) in [6.07, 6.45) is 7.39. The van der Waals surface area contributed by atoms with Crippen LogP contribution in [-0.2, 0) is 9.47 Å². The third-order valence-electron chi connectivity index (χ3n) is 10.0. The molecule has 59 heavy (non-hydrogen) atoms. The van der Waals surface area contributed by atoms with E-state index in [1.54, 1.807) is 0 Å². The Morgan fingerprint density at radius 2 is 0.678 bits per heavy atom. The molecule has 1 N–H and O–H groups in total. The zero-order valence-corrected chi connectivity index (χ0v) is 58.3. The van der Waals surface area contributed by atoms with E-state index in [4.69, 9.17) is 25.7 Å². The Bertz CT molecular complexity index is 849. The Morgan fingerprint density at radius 1 is 0.508 bits per heavy atom. The third-order valence-corrected chi connectivity index (χ3v) is 123. The molecule has 0 saturated carbocycles. The zero-order valence-electron chi connectivity index (χ0n) is 46.6. The van der Waals surface area contributed by atoms with E-state index < -0.39 is 61.6 Å². The molecule has 0 bridgehead atoms. The molecule has 2 heterocycles. The van der Waals surface area contributed by atoms with Gasteiger partial charge in [0.25, 0.3) is 0 Å². The summed E-state index contributed by atoms with van der Waals surface area (Å²) in [5.74, 6) is 0. The Hall–Kier alpha value is 3.79. The van der Waals surface area contributed by atoms with Crippen molar-refractivity contribution >= 4 is 94.6 Å². The van der Waals surface area contributed by atoms with Crippen LogP contribution in [0, 0.1) is 6.92 Å². The smallest absolute Gasteiger partial charge is 0.400 e. The second kappa shape index (κ2) is 36.8. The van der Waals surface area contributed by atoms with Crippen LogP contribution < -0.4 is 18.9 Å². The number of aliphatic hydroxyl groups excluding tert-OH is 1. The number of unbranched alkanes of at least 4 members (excludes halogenated alkanes) is 1. The van der Waals surface area contributed by atoms with Crippen molar-refractivity contribution < 1.29 is 33.4 Å². The van der Waals surface area contributed by atoms with Crippen LogP contribution in [0.1, 0.15) is 87.0 Å². The van der Waals surface area contributed by atoms with Gasteiger partial charge in [-0.1, -0.05) is 192 Å². The fraction of sp³-hybridized carbons (Fsp3) is 0.977. The number of halogens is 1. The molecular weight excluding hydrogens is 924 g/mol. The van der Waals surface area contributed by atoms with Gasteiger partial charge < -0.3 is 21.5 Å². The summed E-state index contributed by atoms with van der Waals surface area (Å²) in [7, 11) is -3.82. The first-order valence-corrected chi connectivity index (χ1v) is 60.2. The predicted octanol–water partition coefficient (Wildman–Crippen LogP) is 15.9. The van der Waals surface area contributed by atoms with Crippen LogP contribution in [0.5, 0.6) is 0 Å². The normalized spacial score (nSPS) is 14.9. The van der Waals surface area contributed by atoms with Crippen molar-refractivity contribution in [3.8, 4) is 0 Å². The van der Waals surface area contributed by atoms with Crippen LogP contribution in [0.4, 0.5) is 0 Å². The second-order valence-corrected chi connectivity index (χ2v) is 107. The summed E-state index contributed by atoms with van der Waals surface area (Å²) in [6, 6.07) is 0. The third kappa shape index (κ3) is 46.7. The molecule has 16 heteroatoms. The van der Waals surface area contributed by atoms with Gasteiger partial charge in [-0.15, -0.1) is 21.9 Å². The molecule has 2 rings (SSSR count). The minimum absolute atomic E-state index is 0. The molecule has 1 atom stereocenters. The molecule has 2 aliphatic heterocycles. The average Bonchev–Trinajstić information content (AvgIpc) is 3.74. The van der Waals surface area contributed by atoms with E-state index in [1.165, 1.54) is 32.1 Å². The van der Waals surface area contributed by atoms with E-state index in [1.807, 2.05) is 0 Å². The van der Waals surface area contributed by atoms with Gasteiger partial charge in [-0.25, -0.2) is 0 Å². The van der Waals surface area contributed by atoms with Crippen molar-refractivity contribution in [2.75, 3.05) is 33.5 Å². The average molecular weight is 1040 g/mol. The number of hydrogen-bond donors (Lipinski definition) is 1. The van der Waals surface area contributed by atoms with Gasteiger partial charge in [-0.2, -0.15) is 17.5 Å². The topological polar surface area (TPSA) is 38.7 Å². The largest absolute Gasteiger partial charge is 1.00 e. The van der Waals surface area contributed by atoms with Crippen molar-refractivity contribution in [3.63, 3.8) is 0 Å². The Labute approximate surface area is 406 Å². The van der Waals surface area contributed by atoms with Gasteiger partial charge in [0, 0.05) is 33.5 Å². The number of ether oxygens (including phenoxy) is 2. The maximum absolute atomic E-state index is 7.00. The molecular formula is C43H115ClLiO3P3Si8. The monoisotopic (exact) mass is 1040 g/mol. The zero-order chi connectivity index (χ0) is 48.4. The van der Waals surface area contributed by atoms with Crippen molar-refractivity contribution in [1.82, 2.24) is 0 Å². The predicted molar refractivity (Wildman–Crippen MR) is 312 cm³/mol. The van der Waals surface area contributed by atoms with E-state index in [0.717, 1.165) is 51.0 Å². The van der Waals surface area contributed by atoms with Gasteiger partial charge in [0.1, 0.15) is 0 Å². The standard InChI is InChI=1S/C13H35PSi3.C9H27PSi3.C5H13ClSi.2C4H8O.C4H9.C3H11PSi.CH4O.Li/c1-12(2)16(8,9)14(15(5,6)7)17(10,11)13(3)4;1-11(2,3)10(12(4,5)6)13(7,8)9;1-5(2)7(3,4)6;2*1-2-4-5-3-1;1-3-4-2;1-5(2,3)4;1-2;/h12-13H,1-11H3;1-9H3;5H,1-4H3;2*1-4H2;1,3-4H2,2H3;4H2,1-3H3;2H,1H3;/q;;;;;-1;;;+1. The minimum atomic E-state index is -1.26. The molecule has 0 aromatic heterocycles. The summed E-state index contributed by atoms with van der Waals surface area (Å²) in [5, 5.41) is 7.00. The van der Waals surface area contributed by atoms with E-state index in [2.05, 4.69) is 202 Å². The molecule has 0 aromatic carbocycles. The molecule has 360 valence electrons. The van der Waals surface area contributed by atoms with Crippen molar-refractivity contribution in [2.24, 2.45) is 0 Å². The van der Waals surface area contributed by atoms with Gasteiger partial charge in [0.15, 0.2) is 7.38 Å². The molecule has 0 radical (unpaired) electrons. The SMILES string of the molecule is C1CCOC1.C1CCOC1.CC(C)[Si](C)(C)Cl.CC(C)[Si](C)(C)P([Si](C)(C)C)[Si](C)(C)C(C)C.CO.C[Si](C)(C)P.C[Si](C)(C)P([Si](C)(C)C)[Si](C)(C)C.[CH2-]CCC.[Li+].